The quantitative estimate of drug-likeness (QED) is 0.877. The van der Waals surface area contributed by atoms with Gasteiger partial charge in [0.25, 0.3) is 5.91 Å². The van der Waals surface area contributed by atoms with Gasteiger partial charge < -0.3 is 15.0 Å². The Hall–Kier alpha value is -1.59. The molecule has 21 heavy (non-hydrogen) atoms. The number of piperazine rings is 1. The number of likely N-dealkylation sites (N-methyl/N-ethyl adjacent to an activating group) is 1. The summed E-state index contributed by atoms with van der Waals surface area (Å²) in [5.74, 6) is 0.777. The molecule has 0 bridgehead atoms. The van der Waals surface area contributed by atoms with Gasteiger partial charge >= 0.3 is 0 Å². The van der Waals surface area contributed by atoms with Crippen molar-refractivity contribution < 1.29 is 9.53 Å². The Morgan fingerprint density at radius 2 is 2.19 bits per heavy atom. The second-order valence-corrected chi connectivity index (χ2v) is 5.77. The first-order valence-corrected chi connectivity index (χ1v) is 7.43. The zero-order valence-electron chi connectivity index (χ0n) is 13.1. The van der Waals surface area contributed by atoms with Crippen molar-refractivity contribution in [1.29, 1.82) is 0 Å². The molecule has 5 nitrogen and oxygen atoms in total. The summed E-state index contributed by atoms with van der Waals surface area (Å²) in [6.45, 7) is 6.23. The first-order chi connectivity index (χ1) is 10.1. The molecule has 1 N–H and O–H groups in total. The van der Waals surface area contributed by atoms with Gasteiger partial charge in [-0.15, -0.1) is 0 Å². The molecular formula is C16H25N3O2. The van der Waals surface area contributed by atoms with Crippen LogP contribution >= 0.6 is 0 Å². The van der Waals surface area contributed by atoms with Crippen LogP contribution in [0.15, 0.2) is 24.3 Å². The molecule has 0 unspecified atom stereocenters. The van der Waals surface area contributed by atoms with Crippen LogP contribution in [0.2, 0.25) is 0 Å². The molecule has 1 heterocycles. The van der Waals surface area contributed by atoms with E-state index in [0.29, 0.717) is 6.04 Å². The van der Waals surface area contributed by atoms with E-state index in [4.69, 9.17) is 4.74 Å². The number of amides is 1. The van der Waals surface area contributed by atoms with E-state index in [2.05, 4.69) is 23.2 Å². The molecule has 0 aromatic heterocycles. The lowest BCUT2D eigenvalue weighted by Gasteiger charge is -2.32. The summed E-state index contributed by atoms with van der Waals surface area (Å²) >= 11 is 0. The van der Waals surface area contributed by atoms with E-state index >= 15 is 0 Å². The Labute approximate surface area is 126 Å². The van der Waals surface area contributed by atoms with Crippen LogP contribution in [0.1, 0.15) is 12.5 Å². The summed E-state index contributed by atoms with van der Waals surface area (Å²) in [4.78, 5) is 15.6. The Morgan fingerprint density at radius 1 is 1.43 bits per heavy atom. The Bertz CT molecular complexity index is 476. The number of hydrogen-bond acceptors (Lipinski definition) is 4. The standard InChI is InChI=1S/C16H25N3O2/c1-13-10-19(9-8-17-13)11-14-6-4-5-7-15(14)21-12-16(20)18(2)3/h4-7,13,17H,8-12H2,1-3H3/t13-/m1/s1. The second kappa shape index (κ2) is 7.43. The smallest absolute Gasteiger partial charge is 0.259 e. The van der Waals surface area contributed by atoms with E-state index in [9.17, 15) is 4.79 Å². The SMILES string of the molecule is C[C@@H]1CN(Cc2ccccc2OCC(=O)N(C)C)CCN1. The third kappa shape index (κ3) is 4.72. The van der Waals surface area contributed by atoms with Crippen LogP contribution in [0.5, 0.6) is 5.75 Å². The summed E-state index contributed by atoms with van der Waals surface area (Å²) in [5.41, 5.74) is 1.14. The molecule has 1 aromatic rings. The average Bonchev–Trinajstić information content (AvgIpc) is 2.46. The number of rotatable bonds is 5. The zero-order chi connectivity index (χ0) is 15.2. The fraction of sp³-hybridized carbons (Fsp3) is 0.562. The van der Waals surface area contributed by atoms with Crippen LogP contribution in [0.25, 0.3) is 0 Å². The minimum atomic E-state index is -0.0272. The van der Waals surface area contributed by atoms with E-state index in [-0.39, 0.29) is 12.5 Å². The third-order valence-electron chi connectivity index (χ3n) is 3.67. The first-order valence-electron chi connectivity index (χ1n) is 7.43. The van der Waals surface area contributed by atoms with E-state index in [0.717, 1.165) is 37.5 Å². The van der Waals surface area contributed by atoms with Crippen molar-refractivity contribution in [3.8, 4) is 5.75 Å². The number of carbonyl (C=O) groups is 1. The fourth-order valence-corrected chi connectivity index (χ4v) is 2.44. The maximum Gasteiger partial charge on any atom is 0.259 e. The number of benzene rings is 1. The number of carbonyl (C=O) groups excluding carboxylic acids is 1. The van der Waals surface area contributed by atoms with Crippen molar-refractivity contribution >= 4 is 5.91 Å². The molecule has 0 spiro atoms. The monoisotopic (exact) mass is 291 g/mol. The van der Waals surface area contributed by atoms with Crippen molar-refractivity contribution in [1.82, 2.24) is 15.1 Å². The lowest BCUT2D eigenvalue weighted by molar-refractivity contribution is -0.130. The zero-order valence-corrected chi connectivity index (χ0v) is 13.1. The Balaban J connectivity index is 1.97. The molecular weight excluding hydrogens is 266 g/mol. The molecule has 0 saturated carbocycles. The first kappa shape index (κ1) is 15.8. The van der Waals surface area contributed by atoms with Gasteiger partial charge in [-0.2, -0.15) is 0 Å². The van der Waals surface area contributed by atoms with Gasteiger partial charge in [0.1, 0.15) is 5.75 Å². The van der Waals surface area contributed by atoms with Crippen LogP contribution in [0.4, 0.5) is 0 Å². The molecule has 0 aliphatic carbocycles. The molecule has 116 valence electrons. The Kier molecular flexibility index (Phi) is 5.59. The third-order valence-corrected chi connectivity index (χ3v) is 3.67. The molecule has 1 fully saturated rings. The van der Waals surface area contributed by atoms with Gasteiger partial charge in [-0.05, 0) is 13.0 Å². The highest BCUT2D eigenvalue weighted by Gasteiger charge is 2.17. The van der Waals surface area contributed by atoms with Crippen LogP contribution in [0.3, 0.4) is 0 Å². The summed E-state index contributed by atoms with van der Waals surface area (Å²) < 4.78 is 5.70. The number of nitrogens with zero attached hydrogens (tertiary/aromatic N) is 2. The predicted molar refractivity (Wildman–Crippen MR) is 83.4 cm³/mol. The number of hydrogen-bond donors (Lipinski definition) is 1. The molecule has 5 heteroatoms. The number of nitrogens with one attached hydrogen (secondary N) is 1. The molecule has 1 aromatic carbocycles. The summed E-state index contributed by atoms with van der Waals surface area (Å²) in [5, 5.41) is 3.44. The molecule has 1 aliphatic rings. The van der Waals surface area contributed by atoms with E-state index in [1.54, 1.807) is 19.0 Å². The summed E-state index contributed by atoms with van der Waals surface area (Å²) in [6.07, 6.45) is 0. The van der Waals surface area contributed by atoms with E-state index < -0.39 is 0 Å². The van der Waals surface area contributed by atoms with Gasteiger partial charge in [-0.1, -0.05) is 18.2 Å². The van der Waals surface area contributed by atoms with Gasteiger partial charge in [0.2, 0.25) is 0 Å². The maximum absolute atomic E-state index is 11.6. The summed E-state index contributed by atoms with van der Waals surface area (Å²) in [6, 6.07) is 8.48. The van der Waals surface area contributed by atoms with Crippen LogP contribution in [0, 0.1) is 0 Å². The fourth-order valence-electron chi connectivity index (χ4n) is 2.44. The number of para-hydroxylation sites is 1. The largest absolute Gasteiger partial charge is 0.483 e. The maximum atomic E-state index is 11.6. The van der Waals surface area contributed by atoms with E-state index in [1.165, 1.54) is 0 Å². The van der Waals surface area contributed by atoms with Crippen molar-refractivity contribution in [2.45, 2.75) is 19.5 Å². The van der Waals surface area contributed by atoms with Gasteiger partial charge in [-0.3, -0.25) is 9.69 Å². The highest BCUT2D eigenvalue weighted by atomic mass is 16.5. The van der Waals surface area contributed by atoms with Crippen molar-refractivity contribution in [3.63, 3.8) is 0 Å². The molecule has 1 saturated heterocycles. The van der Waals surface area contributed by atoms with Gasteiger partial charge in [0.05, 0.1) is 0 Å². The topological polar surface area (TPSA) is 44.8 Å². The summed E-state index contributed by atoms with van der Waals surface area (Å²) in [7, 11) is 3.47. The van der Waals surface area contributed by atoms with Crippen LogP contribution in [-0.2, 0) is 11.3 Å². The van der Waals surface area contributed by atoms with Gasteiger partial charge in [0.15, 0.2) is 6.61 Å². The molecule has 2 rings (SSSR count). The van der Waals surface area contributed by atoms with Gasteiger partial charge in [0, 0.05) is 51.9 Å². The van der Waals surface area contributed by atoms with Crippen molar-refractivity contribution in [3.05, 3.63) is 29.8 Å². The van der Waals surface area contributed by atoms with Crippen LogP contribution < -0.4 is 10.1 Å². The molecule has 1 aliphatic heterocycles. The molecule has 0 radical (unpaired) electrons. The van der Waals surface area contributed by atoms with Crippen LogP contribution in [-0.4, -0.2) is 62.1 Å². The molecule has 1 amide bonds. The molecule has 1 atom stereocenters. The van der Waals surface area contributed by atoms with Crippen molar-refractivity contribution in [2.24, 2.45) is 0 Å². The van der Waals surface area contributed by atoms with Crippen molar-refractivity contribution in [2.75, 3.05) is 40.3 Å². The number of ether oxygens (including phenoxy) is 1. The normalized spacial score (nSPS) is 19.3. The highest BCUT2D eigenvalue weighted by Crippen LogP contribution is 2.20. The second-order valence-electron chi connectivity index (χ2n) is 5.77. The predicted octanol–water partition coefficient (Wildman–Crippen LogP) is 0.947. The minimum absolute atomic E-state index is 0.0272. The highest BCUT2D eigenvalue weighted by molar-refractivity contribution is 5.77. The van der Waals surface area contributed by atoms with E-state index in [1.807, 2.05) is 18.2 Å². The lowest BCUT2D eigenvalue weighted by atomic mass is 10.1. The average molecular weight is 291 g/mol. The van der Waals surface area contributed by atoms with Gasteiger partial charge in [-0.25, -0.2) is 0 Å². The lowest BCUT2D eigenvalue weighted by Crippen LogP contribution is -2.48. The Morgan fingerprint density at radius 3 is 2.90 bits per heavy atom. The minimum Gasteiger partial charge on any atom is -0.483 e.